The van der Waals surface area contributed by atoms with Crippen molar-refractivity contribution in [1.29, 1.82) is 0 Å². The van der Waals surface area contributed by atoms with Crippen molar-refractivity contribution in [2.24, 2.45) is 0 Å². The number of hydrogen-bond donors (Lipinski definition) is 1. The Labute approximate surface area is 267 Å². The molecule has 2 aliphatic heterocycles. The molecular weight excluding hydrogens is 582 g/mol. The molecule has 4 aromatic carbocycles. The maximum absolute atomic E-state index is 14.3. The predicted octanol–water partition coefficient (Wildman–Crippen LogP) is 4.93. The van der Waals surface area contributed by atoms with E-state index in [1.807, 2.05) is 97.1 Å². The molecule has 0 aliphatic carbocycles. The number of amides is 3. The third-order valence-corrected chi connectivity index (χ3v) is 9.63. The van der Waals surface area contributed by atoms with Crippen molar-refractivity contribution in [2.45, 2.75) is 36.2 Å². The van der Waals surface area contributed by atoms with Crippen LogP contribution in [0.25, 0.3) is 0 Å². The van der Waals surface area contributed by atoms with Gasteiger partial charge in [0, 0.05) is 23.6 Å². The summed E-state index contributed by atoms with van der Waals surface area (Å²) in [7, 11) is 0. The van der Waals surface area contributed by atoms with E-state index in [9.17, 15) is 19.2 Å². The number of nitrogens with zero attached hydrogens (tertiary/aromatic N) is 2. The minimum Gasteiger partial charge on any atom is -0.343 e. The standard InChI is InChI=1S/C37H35N3O4S/c41-32-23-40(36(43)29-19-11-4-12-20-29)31-21-22-39(34(31)32)37(44)30(25-45-24-26-13-5-1-6-14-26)38-35(42)33(27-15-7-2-8-16-27)28-17-9-3-10-18-28/h1-20,30-31,33-34H,21-25H2,(H,38,42)/t30-,31+,34-/m0/s1. The monoisotopic (exact) mass is 617 g/mol. The largest absolute Gasteiger partial charge is 0.343 e. The summed E-state index contributed by atoms with van der Waals surface area (Å²) in [5.41, 5.74) is 3.29. The molecule has 2 aliphatic rings. The molecule has 4 aromatic rings. The average molecular weight is 618 g/mol. The Kier molecular flexibility index (Phi) is 9.41. The molecule has 0 radical (unpaired) electrons. The highest BCUT2D eigenvalue weighted by molar-refractivity contribution is 7.98. The van der Waals surface area contributed by atoms with Gasteiger partial charge in [-0.25, -0.2) is 0 Å². The smallest absolute Gasteiger partial charge is 0.254 e. The zero-order valence-corrected chi connectivity index (χ0v) is 25.6. The van der Waals surface area contributed by atoms with E-state index in [0.717, 1.165) is 16.7 Å². The van der Waals surface area contributed by atoms with Gasteiger partial charge in [-0.1, -0.05) is 109 Å². The van der Waals surface area contributed by atoms with Crippen LogP contribution in [0.2, 0.25) is 0 Å². The second kappa shape index (κ2) is 13.9. The second-order valence-corrected chi connectivity index (χ2v) is 12.4. The first-order chi connectivity index (χ1) is 22.0. The van der Waals surface area contributed by atoms with Crippen LogP contribution in [0.4, 0.5) is 0 Å². The molecule has 2 saturated heterocycles. The minimum atomic E-state index is -0.855. The summed E-state index contributed by atoms with van der Waals surface area (Å²) in [5, 5.41) is 3.09. The third-order valence-electron chi connectivity index (χ3n) is 8.53. The quantitative estimate of drug-likeness (QED) is 0.273. The number of ketones is 1. The fraction of sp³-hybridized carbons (Fsp3) is 0.243. The van der Waals surface area contributed by atoms with E-state index in [1.165, 1.54) is 0 Å². The predicted molar refractivity (Wildman–Crippen MR) is 176 cm³/mol. The second-order valence-electron chi connectivity index (χ2n) is 11.4. The van der Waals surface area contributed by atoms with Crippen LogP contribution in [-0.4, -0.2) is 70.3 Å². The third kappa shape index (κ3) is 6.71. The summed E-state index contributed by atoms with van der Waals surface area (Å²) in [6.07, 6.45) is 0.509. The minimum absolute atomic E-state index is 0.0310. The number of nitrogens with one attached hydrogen (secondary N) is 1. The number of carbonyl (C=O) groups is 4. The summed E-state index contributed by atoms with van der Waals surface area (Å²) in [6, 6.07) is 36.0. The molecule has 6 rings (SSSR count). The lowest BCUT2D eigenvalue weighted by atomic mass is 9.90. The lowest BCUT2D eigenvalue weighted by molar-refractivity contribution is -0.139. The van der Waals surface area contributed by atoms with Gasteiger partial charge in [-0.15, -0.1) is 0 Å². The van der Waals surface area contributed by atoms with E-state index in [1.54, 1.807) is 45.8 Å². The molecular formula is C37H35N3O4S. The Hall–Kier alpha value is -4.69. The fourth-order valence-corrected chi connectivity index (χ4v) is 7.38. The van der Waals surface area contributed by atoms with Crippen molar-refractivity contribution in [3.8, 4) is 0 Å². The van der Waals surface area contributed by atoms with Gasteiger partial charge in [-0.05, 0) is 35.2 Å². The van der Waals surface area contributed by atoms with E-state index in [0.29, 0.717) is 30.0 Å². The number of rotatable bonds is 10. The Morgan fingerprint density at radius 2 is 1.31 bits per heavy atom. The first-order valence-electron chi connectivity index (χ1n) is 15.2. The van der Waals surface area contributed by atoms with Crippen molar-refractivity contribution in [1.82, 2.24) is 15.1 Å². The number of carbonyl (C=O) groups excluding carboxylic acids is 4. The van der Waals surface area contributed by atoms with E-state index in [2.05, 4.69) is 5.32 Å². The summed E-state index contributed by atoms with van der Waals surface area (Å²) in [6.45, 7) is 0.311. The van der Waals surface area contributed by atoms with E-state index < -0.39 is 18.0 Å². The average Bonchev–Trinajstić information content (AvgIpc) is 3.67. The van der Waals surface area contributed by atoms with Crippen LogP contribution in [0.1, 0.15) is 39.4 Å². The topological polar surface area (TPSA) is 86.8 Å². The maximum atomic E-state index is 14.3. The lowest BCUT2D eigenvalue weighted by Crippen LogP contribution is -2.54. The van der Waals surface area contributed by atoms with Gasteiger partial charge in [0.05, 0.1) is 18.5 Å². The molecule has 3 atom stereocenters. The number of hydrogen-bond acceptors (Lipinski definition) is 5. The van der Waals surface area contributed by atoms with Crippen LogP contribution in [0.5, 0.6) is 0 Å². The molecule has 8 heteroatoms. The Morgan fingerprint density at radius 1 is 0.756 bits per heavy atom. The van der Waals surface area contributed by atoms with Gasteiger partial charge >= 0.3 is 0 Å². The van der Waals surface area contributed by atoms with Crippen LogP contribution in [0.3, 0.4) is 0 Å². The molecule has 2 fully saturated rings. The Morgan fingerprint density at radius 3 is 1.91 bits per heavy atom. The SMILES string of the molecule is O=C(N[C@@H](CSCc1ccccc1)C(=O)N1CC[C@@H]2[C@H]1C(=O)CN2C(=O)c1ccccc1)C(c1ccccc1)c1ccccc1. The van der Waals surface area contributed by atoms with Crippen molar-refractivity contribution >= 4 is 35.3 Å². The first kappa shape index (κ1) is 30.3. The Balaban J connectivity index is 1.24. The number of thioether (sulfide) groups is 1. The molecule has 228 valence electrons. The number of benzene rings is 4. The number of likely N-dealkylation sites (tertiary alicyclic amines) is 2. The molecule has 0 unspecified atom stereocenters. The molecule has 3 amide bonds. The summed E-state index contributed by atoms with van der Waals surface area (Å²) >= 11 is 1.56. The van der Waals surface area contributed by atoms with Crippen molar-refractivity contribution in [3.63, 3.8) is 0 Å². The molecule has 0 bridgehead atoms. The van der Waals surface area contributed by atoms with Gasteiger partial charge in [-0.3, -0.25) is 19.2 Å². The van der Waals surface area contributed by atoms with Crippen LogP contribution >= 0.6 is 11.8 Å². The summed E-state index contributed by atoms with van der Waals surface area (Å²) in [4.78, 5) is 58.3. The number of fused-ring (bicyclic) bond motifs is 1. The fourth-order valence-electron chi connectivity index (χ4n) is 6.37. The molecule has 7 nitrogen and oxygen atoms in total. The zero-order chi connectivity index (χ0) is 31.2. The van der Waals surface area contributed by atoms with Gasteiger partial charge in [0.1, 0.15) is 12.1 Å². The highest BCUT2D eigenvalue weighted by Crippen LogP contribution is 2.32. The normalized spacial score (nSPS) is 18.1. The van der Waals surface area contributed by atoms with Gasteiger partial charge in [0.25, 0.3) is 5.91 Å². The number of Topliss-reactive ketones (excluding diaryl/α,β-unsaturated/α-hetero) is 1. The van der Waals surface area contributed by atoms with Crippen LogP contribution in [0.15, 0.2) is 121 Å². The molecule has 0 aromatic heterocycles. The summed E-state index contributed by atoms with van der Waals surface area (Å²) < 4.78 is 0. The first-order valence-corrected chi connectivity index (χ1v) is 16.4. The van der Waals surface area contributed by atoms with Gasteiger partial charge in [0.2, 0.25) is 11.8 Å². The maximum Gasteiger partial charge on any atom is 0.254 e. The van der Waals surface area contributed by atoms with Crippen molar-refractivity contribution in [3.05, 3.63) is 144 Å². The zero-order valence-electron chi connectivity index (χ0n) is 24.8. The molecule has 0 spiro atoms. The molecule has 45 heavy (non-hydrogen) atoms. The summed E-state index contributed by atoms with van der Waals surface area (Å²) in [5.74, 6) is -0.527. The van der Waals surface area contributed by atoms with Gasteiger partial charge in [-0.2, -0.15) is 11.8 Å². The highest BCUT2D eigenvalue weighted by Gasteiger charge is 2.52. The van der Waals surface area contributed by atoms with Crippen LogP contribution in [-0.2, 0) is 20.1 Å². The van der Waals surface area contributed by atoms with Crippen molar-refractivity contribution in [2.75, 3.05) is 18.8 Å². The highest BCUT2D eigenvalue weighted by atomic mass is 32.2. The van der Waals surface area contributed by atoms with E-state index in [4.69, 9.17) is 0 Å². The van der Waals surface area contributed by atoms with Gasteiger partial charge in [0.15, 0.2) is 5.78 Å². The van der Waals surface area contributed by atoms with Crippen LogP contribution < -0.4 is 5.32 Å². The van der Waals surface area contributed by atoms with Gasteiger partial charge < -0.3 is 15.1 Å². The molecule has 1 N–H and O–H groups in total. The van der Waals surface area contributed by atoms with E-state index >= 15 is 0 Å². The molecule has 0 saturated carbocycles. The Bertz CT molecular complexity index is 1600. The lowest BCUT2D eigenvalue weighted by Gasteiger charge is -2.29. The van der Waals surface area contributed by atoms with Crippen molar-refractivity contribution < 1.29 is 19.2 Å². The molecule has 2 heterocycles. The van der Waals surface area contributed by atoms with Crippen LogP contribution in [0, 0.1) is 0 Å². The van der Waals surface area contributed by atoms with E-state index in [-0.39, 0.29) is 36.1 Å².